The molecule has 1 heterocycles. The van der Waals surface area contributed by atoms with Crippen molar-refractivity contribution in [1.29, 1.82) is 0 Å². The third-order valence-corrected chi connectivity index (χ3v) is 4.51. The van der Waals surface area contributed by atoms with Gasteiger partial charge in [0.2, 0.25) is 5.91 Å². The van der Waals surface area contributed by atoms with E-state index in [4.69, 9.17) is 11.6 Å². The fourth-order valence-corrected chi connectivity index (χ4v) is 2.77. The molecule has 1 amide bonds. The van der Waals surface area contributed by atoms with Gasteiger partial charge in [-0.1, -0.05) is 23.7 Å². The van der Waals surface area contributed by atoms with Crippen LogP contribution in [0.3, 0.4) is 0 Å². The summed E-state index contributed by atoms with van der Waals surface area (Å²) in [6.07, 6.45) is 2.83. The van der Waals surface area contributed by atoms with Crippen molar-refractivity contribution in [1.82, 2.24) is 10.2 Å². The summed E-state index contributed by atoms with van der Waals surface area (Å²) in [6, 6.07) is 7.79. The van der Waals surface area contributed by atoms with Gasteiger partial charge in [0.05, 0.1) is 6.04 Å². The first-order valence-corrected chi connectivity index (χ1v) is 7.67. The van der Waals surface area contributed by atoms with E-state index in [-0.39, 0.29) is 24.4 Å². The van der Waals surface area contributed by atoms with Crippen molar-refractivity contribution in [3.8, 4) is 0 Å². The van der Waals surface area contributed by atoms with E-state index in [9.17, 15) is 4.79 Å². The Morgan fingerprint density at radius 3 is 2.67 bits per heavy atom. The summed E-state index contributed by atoms with van der Waals surface area (Å²) in [6.45, 7) is 4.21. The molecule has 0 radical (unpaired) electrons. The van der Waals surface area contributed by atoms with Crippen LogP contribution in [0.2, 0.25) is 5.02 Å². The van der Waals surface area contributed by atoms with Crippen molar-refractivity contribution < 1.29 is 4.79 Å². The Kier molecular flexibility index (Phi) is 7.50. The molecular formula is C16H24Cl2N2O. The molecular weight excluding hydrogens is 307 g/mol. The second-order valence-corrected chi connectivity index (χ2v) is 6.07. The minimum atomic E-state index is 0. The highest BCUT2D eigenvalue weighted by molar-refractivity contribution is 6.30. The Balaban J connectivity index is 0.00000220. The Bertz CT molecular complexity index is 444. The average molecular weight is 331 g/mol. The molecule has 2 rings (SSSR count). The average Bonchev–Trinajstić information content (AvgIpc) is 2.97. The van der Waals surface area contributed by atoms with Crippen molar-refractivity contribution in [3.63, 3.8) is 0 Å². The van der Waals surface area contributed by atoms with Gasteiger partial charge in [-0.25, -0.2) is 0 Å². The number of halogens is 2. The van der Waals surface area contributed by atoms with E-state index in [0.717, 1.165) is 30.1 Å². The zero-order chi connectivity index (χ0) is 14.5. The topological polar surface area (TPSA) is 32.3 Å². The Labute approximate surface area is 138 Å². The van der Waals surface area contributed by atoms with E-state index < -0.39 is 0 Å². The van der Waals surface area contributed by atoms with Crippen LogP contribution in [0.5, 0.6) is 0 Å². The summed E-state index contributed by atoms with van der Waals surface area (Å²) in [5.74, 6) is 0.887. The summed E-state index contributed by atoms with van der Waals surface area (Å²) in [7, 11) is 1.88. The number of carbonyl (C=O) groups is 1. The maximum Gasteiger partial charge on any atom is 0.222 e. The van der Waals surface area contributed by atoms with E-state index in [0.29, 0.717) is 12.3 Å². The maximum atomic E-state index is 12.3. The molecule has 2 atom stereocenters. The Morgan fingerprint density at radius 1 is 1.43 bits per heavy atom. The molecule has 1 aromatic carbocycles. The summed E-state index contributed by atoms with van der Waals surface area (Å²) in [5, 5.41) is 4.07. The smallest absolute Gasteiger partial charge is 0.222 e. The third-order valence-electron chi connectivity index (χ3n) is 4.26. The minimum absolute atomic E-state index is 0. The zero-order valence-electron chi connectivity index (χ0n) is 12.6. The molecule has 0 spiro atoms. The van der Waals surface area contributed by atoms with Crippen LogP contribution in [-0.4, -0.2) is 30.9 Å². The highest BCUT2D eigenvalue weighted by Crippen LogP contribution is 2.22. The van der Waals surface area contributed by atoms with Crippen LogP contribution in [0.1, 0.15) is 37.8 Å². The molecule has 2 unspecified atom stereocenters. The summed E-state index contributed by atoms with van der Waals surface area (Å²) < 4.78 is 0. The molecule has 0 aromatic heterocycles. The number of rotatable bonds is 5. The quantitative estimate of drug-likeness (QED) is 0.893. The Morgan fingerprint density at radius 2 is 2.10 bits per heavy atom. The standard InChI is InChI=1S/C16H23ClN2O.ClH/c1-12(14-4-6-15(17)7-5-14)19(2)16(20)8-3-13-9-10-18-11-13;/h4-7,12-13,18H,3,8-11H2,1-2H3;1H. The third kappa shape index (κ3) is 5.17. The number of amides is 1. The van der Waals surface area contributed by atoms with Crippen molar-refractivity contribution in [2.24, 2.45) is 5.92 Å². The normalized spacial score (nSPS) is 18.9. The van der Waals surface area contributed by atoms with Crippen molar-refractivity contribution >= 4 is 29.9 Å². The van der Waals surface area contributed by atoms with E-state index in [1.165, 1.54) is 6.42 Å². The molecule has 1 N–H and O–H groups in total. The molecule has 1 saturated heterocycles. The first-order chi connectivity index (χ1) is 9.58. The summed E-state index contributed by atoms with van der Waals surface area (Å²) in [5.41, 5.74) is 1.12. The molecule has 118 valence electrons. The van der Waals surface area contributed by atoms with Gasteiger partial charge in [-0.15, -0.1) is 12.4 Å². The molecule has 0 bridgehead atoms. The second kappa shape index (κ2) is 8.62. The van der Waals surface area contributed by atoms with Crippen molar-refractivity contribution in [2.75, 3.05) is 20.1 Å². The highest BCUT2D eigenvalue weighted by atomic mass is 35.5. The lowest BCUT2D eigenvalue weighted by Crippen LogP contribution is -2.30. The molecule has 21 heavy (non-hydrogen) atoms. The van der Waals surface area contributed by atoms with E-state index >= 15 is 0 Å². The largest absolute Gasteiger partial charge is 0.339 e. The molecule has 5 heteroatoms. The zero-order valence-corrected chi connectivity index (χ0v) is 14.2. The van der Waals surface area contributed by atoms with Gasteiger partial charge in [-0.2, -0.15) is 0 Å². The number of hydrogen-bond acceptors (Lipinski definition) is 2. The molecule has 1 aliphatic heterocycles. The van der Waals surface area contributed by atoms with Gasteiger partial charge < -0.3 is 10.2 Å². The second-order valence-electron chi connectivity index (χ2n) is 5.63. The van der Waals surface area contributed by atoms with Gasteiger partial charge in [0.1, 0.15) is 0 Å². The Hall–Kier alpha value is -0.770. The molecule has 1 fully saturated rings. The van der Waals surface area contributed by atoms with Crippen LogP contribution in [0.4, 0.5) is 0 Å². The van der Waals surface area contributed by atoms with Crippen LogP contribution < -0.4 is 5.32 Å². The number of carbonyl (C=O) groups excluding carboxylic acids is 1. The summed E-state index contributed by atoms with van der Waals surface area (Å²) >= 11 is 5.89. The van der Waals surface area contributed by atoms with Crippen LogP contribution in [0, 0.1) is 5.92 Å². The van der Waals surface area contributed by atoms with Crippen LogP contribution in [0.15, 0.2) is 24.3 Å². The summed E-state index contributed by atoms with van der Waals surface area (Å²) in [4.78, 5) is 14.1. The van der Waals surface area contributed by atoms with Crippen LogP contribution in [0.25, 0.3) is 0 Å². The molecule has 0 aliphatic carbocycles. The van der Waals surface area contributed by atoms with Gasteiger partial charge in [0.15, 0.2) is 0 Å². The molecule has 1 aromatic rings. The van der Waals surface area contributed by atoms with E-state index in [1.54, 1.807) is 0 Å². The van der Waals surface area contributed by atoms with Crippen molar-refractivity contribution in [3.05, 3.63) is 34.9 Å². The SMILES string of the molecule is CC(c1ccc(Cl)cc1)N(C)C(=O)CCC1CCNC1.Cl. The number of nitrogens with zero attached hydrogens (tertiary/aromatic N) is 1. The minimum Gasteiger partial charge on any atom is -0.339 e. The van der Waals surface area contributed by atoms with Crippen LogP contribution in [-0.2, 0) is 4.79 Å². The van der Waals surface area contributed by atoms with Gasteiger partial charge in [-0.3, -0.25) is 4.79 Å². The van der Waals surface area contributed by atoms with Crippen molar-refractivity contribution in [2.45, 2.75) is 32.2 Å². The predicted molar refractivity (Wildman–Crippen MR) is 90.1 cm³/mol. The van der Waals surface area contributed by atoms with Gasteiger partial charge in [0, 0.05) is 18.5 Å². The fourth-order valence-electron chi connectivity index (χ4n) is 2.65. The monoisotopic (exact) mass is 330 g/mol. The molecule has 3 nitrogen and oxygen atoms in total. The fraction of sp³-hybridized carbons (Fsp3) is 0.562. The first-order valence-electron chi connectivity index (χ1n) is 7.29. The van der Waals surface area contributed by atoms with Gasteiger partial charge >= 0.3 is 0 Å². The highest BCUT2D eigenvalue weighted by Gasteiger charge is 2.20. The van der Waals surface area contributed by atoms with Crippen LogP contribution >= 0.6 is 24.0 Å². The lowest BCUT2D eigenvalue weighted by molar-refractivity contribution is -0.132. The van der Waals surface area contributed by atoms with Gasteiger partial charge in [-0.05, 0) is 56.5 Å². The predicted octanol–water partition coefficient (Wildman–Crippen LogP) is 3.67. The molecule has 0 saturated carbocycles. The lowest BCUT2D eigenvalue weighted by atomic mass is 10.0. The number of nitrogens with one attached hydrogen (secondary N) is 1. The number of hydrogen-bond donors (Lipinski definition) is 1. The first kappa shape index (κ1) is 18.3. The number of benzene rings is 1. The molecule has 1 aliphatic rings. The van der Waals surface area contributed by atoms with Gasteiger partial charge in [0.25, 0.3) is 0 Å². The lowest BCUT2D eigenvalue weighted by Gasteiger charge is -2.26. The van der Waals surface area contributed by atoms with E-state index in [1.807, 2.05) is 36.2 Å². The van der Waals surface area contributed by atoms with E-state index in [2.05, 4.69) is 12.2 Å². The maximum absolute atomic E-state index is 12.3.